The molecule has 1 heterocycles. The third-order valence-corrected chi connectivity index (χ3v) is 5.89. The van der Waals surface area contributed by atoms with Gasteiger partial charge in [-0.3, -0.25) is 14.5 Å². The molecule has 0 bridgehead atoms. The quantitative estimate of drug-likeness (QED) is 0.296. The lowest BCUT2D eigenvalue weighted by molar-refractivity contribution is -0.132. The van der Waals surface area contributed by atoms with Crippen molar-refractivity contribution in [2.75, 3.05) is 4.90 Å². The van der Waals surface area contributed by atoms with E-state index in [0.717, 1.165) is 10.5 Å². The van der Waals surface area contributed by atoms with E-state index in [2.05, 4.69) is 0 Å². The molecule has 0 radical (unpaired) electrons. The van der Waals surface area contributed by atoms with Gasteiger partial charge in [-0.2, -0.15) is 0 Å². The Balaban J connectivity index is 1.98. The molecular weight excluding hydrogens is 440 g/mol. The third kappa shape index (κ3) is 3.71. The highest BCUT2D eigenvalue weighted by atomic mass is 35.5. The Morgan fingerprint density at radius 3 is 2.29 bits per heavy atom. The first-order valence-electron chi connectivity index (χ1n) is 9.37. The van der Waals surface area contributed by atoms with Crippen LogP contribution in [0.5, 0.6) is 0 Å². The molecule has 0 saturated carbocycles. The van der Waals surface area contributed by atoms with Crippen molar-refractivity contribution < 1.29 is 19.1 Å². The van der Waals surface area contributed by atoms with E-state index in [4.69, 9.17) is 23.2 Å². The third-order valence-electron chi connectivity index (χ3n) is 5.15. The van der Waals surface area contributed by atoms with Gasteiger partial charge in [0.2, 0.25) is 0 Å². The van der Waals surface area contributed by atoms with Crippen molar-refractivity contribution in [2.24, 2.45) is 0 Å². The molecule has 1 N–H and O–H groups in total. The Bertz CT molecular complexity index is 1240. The van der Waals surface area contributed by atoms with Crippen molar-refractivity contribution in [3.8, 4) is 0 Å². The fourth-order valence-electron chi connectivity index (χ4n) is 3.59. The Labute approximate surface area is 188 Å². The number of anilines is 1. The second-order valence-corrected chi connectivity index (χ2v) is 7.97. The zero-order valence-electron chi connectivity index (χ0n) is 16.3. The summed E-state index contributed by atoms with van der Waals surface area (Å²) in [5.41, 5.74) is 1.43. The number of carbonyl (C=O) groups excluding carboxylic acids is 2. The van der Waals surface area contributed by atoms with Crippen molar-refractivity contribution in [3.63, 3.8) is 0 Å². The van der Waals surface area contributed by atoms with Gasteiger partial charge in [0.25, 0.3) is 11.7 Å². The SMILES string of the molecule is Cc1ccc(/C(O)=C2\C(=O)C(=O)N(c3ccc(Cl)c(Cl)c3)C2c2ccccc2F)cc1. The fraction of sp³-hybridized carbons (Fsp3) is 0.0833. The molecule has 0 aliphatic carbocycles. The number of carbonyl (C=O) groups is 2. The van der Waals surface area contributed by atoms with E-state index in [-0.39, 0.29) is 32.6 Å². The van der Waals surface area contributed by atoms with Crippen molar-refractivity contribution in [3.05, 3.63) is 105 Å². The molecule has 1 unspecified atom stereocenters. The van der Waals surface area contributed by atoms with Crippen molar-refractivity contribution in [2.45, 2.75) is 13.0 Å². The number of benzene rings is 3. The van der Waals surface area contributed by atoms with Gasteiger partial charge < -0.3 is 5.11 Å². The minimum absolute atomic E-state index is 0.0708. The maximum absolute atomic E-state index is 14.8. The Kier molecular flexibility index (Phi) is 5.56. The highest BCUT2D eigenvalue weighted by molar-refractivity contribution is 6.52. The average Bonchev–Trinajstić information content (AvgIpc) is 3.01. The maximum Gasteiger partial charge on any atom is 0.300 e. The number of halogens is 3. The van der Waals surface area contributed by atoms with E-state index >= 15 is 0 Å². The summed E-state index contributed by atoms with van der Waals surface area (Å²) in [7, 11) is 0. The van der Waals surface area contributed by atoms with Gasteiger partial charge in [0, 0.05) is 16.8 Å². The second kappa shape index (κ2) is 8.17. The molecule has 4 rings (SSSR count). The molecule has 3 aromatic carbocycles. The molecule has 1 fully saturated rings. The van der Waals surface area contributed by atoms with Crippen LogP contribution < -0.4 is 4.90 Å². The topological polar surface area (TPSA) is 57.6 Å². The molecule has 1 saturated heterocycles. The van der Waals surface area contributed by atoms with Crippen molar-refractivity contribution in [1.82, 2.24) is 0 Å². The summed E-state index contributed by atoms with van der Waals surface area (Å²) in [5, 5.41) is 11.4. The van der Waals surface area contributed by atoms with Crippen LogP contribution in [0.1, 0.15) is 22.7 Å². The lowest BCUT2D eigenvalue weighted by Crippen LogP contribution is -2.29. The summed E-state index contributed by atoms with van der Waals surface area (Å²) in [6, 6.07) is 15.8. The van der Waals surface area contributed by atoms with Gasteiger partial charge in [-0.1, -0.05) is 71.2 Å². The van der Waals surface area contributed by atoms with E-state index in [9.17, 15) is 19.1 Å². The van der Waals surface area contributed by atoms with Gasteiger partial charge in [-0.05, 0) is 31.2 Å². The number of Topliss-reactive ketones (excluding diaryl/α,β-unsaturated/α-hetero) is 1. The lowest BCUT2D eigenvalue weighted by Gasteiger charge is -2.26. The van der Waals surface area contributed by atoms with E-state index < -0.39 is 23.5 Å². The molecule has 1 amide bonds. The number of aliphatic hydroxyl groups excluding tert-OH is 1. The molecular formula is C24H16Cl2FNO3. The standard InChI is InChI=1S/C24H16Cl2FNO3/c1-13-6-8-14(9-7-13)22(29)20-21(16-4-2-3-5-19(16)27)28(24(31)23(20)30)15-10-11-17(25)18(26)12-15/h2-12,21,29H,1H3/b22-20+. The van der Waals surface area contributed by atoms with Gasteiger partial charge in [0.1, 0.15) is 11.6 Å². The smallest absolute Gasteiger partial charge is 0.300 e. The Hall–Kier alpha value is -3.15. The summed E-state index contributed by atoms with van der Waals surface area (Å²) in [6.07, 6.45) is 0. The molecule has 156 valence electrons. The van der Waals surface area contributed by atoms with Gasteiger partial charge in [-0.25, -0.2) is 4.39 Å². The van der Waals surface area contributed by atoms with Crippen LogP contribution in [0.2, 0.25) is 10.0 Å². The minimum atomic E-state index is -1.18. The number of hydrogen-bond donors (Lipinski definition) is 1. The highest BCUT2D eigenvalue weighted by Crippen LogP contribution is 2.43. The summed E-state index contributed by atoms with van der Waals surface area (Å²) in [5.74, 6) is -2.82. The number of rotatable bonds is 3. The van der Waals surface area contributed by atoms with Crippen LogP contribution in [-0.4, -0.2) is 16.8 Å². The molecule has 7 heteroatoms. The van der Waals surface area contributed by atoms with E-state index in [1.165, 1.54) is 36.4 Å². The number of hydrogen-bond acceptors (Lipinski definition) is 3. The number of amides is 1. The first-order chi connectivity index (χ1) is 14.8. The molecule has 1 aliphatic rings. The highest BCUT2D eigenvalue weighted by Gasteiger charge is 2.47. The number of ketones is 1. The number of aliphatic hydroxyl groups is 1. The summed E-state index contributed by atoms with van der Waals surface area (Å²) in [4.78, 5) is 27.2. The fourth-order valence-corrected chi connectivity index (χ4v) is 3.88. The molecule has 4 nitrogen and oxygen atoms in total. The largest absolute Gasteiger partial charge is 0.507 e. The van der Waals surface area contributed by atoms with Crippen LogP contribution in [-0.2, 0) is 9.59 Å². The summed E-state index contributed by atoms with van der Waals surface area (Å²) < 4.78 is 14.8. The first-order valence-corrected chi connectivity index (χ1v) is 10.1. The monoisotopic (exact) mass is 455 g/mol. The summed E-state index contributed by atoms with van der Waals surface area (Å²) >= 11 is 12.1. The van der Waals surface area contributed by atoms with Gasteiger partial charge in [0.15, 0.2) is 0 Å². The zero-order valence-corrected chi connectivity index (χ0v) is 17.8. The van der Waals surface area contributed by atoms with E-state index in [1.807, 2.05) is 6.92 Å². The molecule has 1 aliphatic heterocycles. The minimum Gasteiger partial charge on any atom is -0.507 e. The molecule has 0 spiro atoms. The normalized spacial score (nSPS) is 17.9. The molecule has 0 aromatic heterocycles. The van der Waals surface area contributed by atoms with Crippen LogP contribution in [0.4, 0.5) is 10.1 Å². The lowest BCUT2D eigenvalue weighted by atomic mass is 9.94. The predicted molar refractivity (Wildman–Crippen MR) is 119 cm³/mol. The maximum atomic E-state index is 14.8. The van der Waals surface area contributed by atoms with Gasteiger partial charge in [0.05, 0.1) is 21.7 Å². The first kappa shape index (κ1) is 21.1. The average molecular weight is 456 g/mol. The molecule has 1 atom stereocenters. The number of aryl methyl sites for hydroxylation is 1. The van der Waals surface area contributed by atoms with Crippen molar-refractivity contribution >= 4 is 46.3 Å². The van der Waals surface area contributed by atoms with Gasteiger partial charge in [-0.15, -0.1) is 0 Å². The second-order valence-electron chi connectivity index (χ2n) is 7.16. The zero-order chi connectivity index (χ0) is 22.3. The Morgan fingerprint density at radius 2 is 1.65 bits per heavy atom. The predicted octanol–water partition coefficient (Wildman–Crippen LogP) is 6.07. The van der Waals surface area contributed by atoms with Crippen LogP contribution in [0, 0.1) is 12.7 Å². The molecule has 31 heavy (non-hydrogen) atoms. The number of nitrogens with zero attached hydrogens (tertiary/aromatic N) is 1. The van der Waals surface area contributed by atoms with Crippen LogP contribution >= 0.6 is 23.2 Å². The van der Waals surface area contributed by atoms with Crippen LogP contribution in [0.3, 0.4) is 0 Å². The van der Waals surface area contributed by atoms with Crippen LogP contribution in [0.15, 0.2) is 72.3 Å². The molecule has 3 aromatic rings. The van der Waals surface area contributed by atoms with Crippen molar-refractivity contribution in [1.29, 1.82) is 0 Å². The van der Waals surface area contributed by atoms with E-state index in [0.29, 0.717) is 5.56 Å². The Morgan fingerprint density at radius 1 is 0.968 bits per heavy atom. The summed E-state index contributed by atoms with van der Waals surface area (Å²) in [6.45, 7) is 1.88. The van der Waals surface area contributed by atoms with Gasteiger partial charge >= 0.3 is 0 Å². The van der Waals surface area contributed by atoms with Crippen LogP contribution in [0.25, 0.3) is 5.76 Å². The van der Waals surface area contributed by atoms with E-state index in [1.54, 1.807) is 30.3 Å².